The van der Waals surface area contributed by atoms with Gasteiger partial charge in [0.15, 0.2) is 0 Å². The molecule has 0 unspecified atom stereocenters. The molecule has 0 saturated carbocycles. The van der Waals surface area contributed by atoms with Crippen molar-refractivity contribution in [3.63, 3.8) is 0 Å². The Morgan fingerprint density at radius 1 is 1.28 bits per heavy atom. The monoisotopic (exact) mass is 340 g/mol. The molecule has 0 saturated heterocycles. The van der Waals surface area contributed by atoms with E-state index >= 15 is 0 Å². The Bertz CT molecular complexity index is 789. The van der Waals surface area contributed by atoms with E-state index in [0.29, 0.717) is 24.4 Å². The Morgan fingerprint density at radius 2 is 2.12 bits per heavy atom. The molecular weight excluding hydrogens is 320 g/mol. The third-order valence-electron chi connectivity index (χ3n) is 4.08. The number of carbonyl (C=O) groups is 2. The molecule has 0 radical (unpaired) electrons. The van der Waals surface area contributed by atoms with Gasteiger partial charge in [-0.3, -0.25) is 4.79 Å². The molecule has 130 valence electrons. The van der Waals surface area contributed by atoms with E-state index in [1.54, 1.807) is 12.1 Å². The molecule has 3 N–H and O–H groups in total. The minimum absolute atomic E-state index is 0.0407. The molecule has 0 fully saturated rings. The summed E-state index contributed by atoms with van der Waals surface area (Å²) in [6.45, 7) is 1.91. The molecule has 0 spiro atoms. The molecule has 1 aromatic carbocycles. The predicted molar refractivity (Wildman–Crippen MR) is 94.8 cm³/mol. The molecule has 7 heteroatoms. The highest BCUT2D eigenvalue weighted by atomic mass is 16.5. The van der Waals surface area contributed by atoms with Gasteiger partial charge in [-0.1, -0.05) is 12.1 Å². The van der Waals surface area contributed by atoms with Crippen molar-refractivity contribution in [3.05, 3.63) is 47.7 Å². The summed E-state index contributed by atoms with van der Waals surface area (Å²) < 4.78 is 4.98. The van der Waals surface area contributed by atoms with Crippen LogP contribution < -0.4 is 20.7 Å². The minimum Gasteiger partial charge on any atom is -0.481 e. The summed E-state index contributed by atoms with van der Waals surface area (Å²) in [4.78, 5) is 27.6. The molecule has 0 bridgehead atoms. The van der Waals surface area contributed by atoms with E-state index < -0.39 is 0 Å². The highest BCUT2D eigenvalue weighted by molar-refractivity contribution is 5.94. The van der Waals surface area contributed by atoms with E-state index in [1.165, 1.54) is 13.3 Å². The van der Waals surface area contributed by atoms with Crippen molar-refractivity contribution in [1.82, 2.24) is 10.3 Å². The van der Waals surface area contributed by atoms with Crippen molar-refractivity contribution in [2.75, 3.05) is 17.7 Å². The normalized spacial score (nSPS) is 14.1. The quantitative estimate of drug-likeness (QED) is 0.798. The maximum absolute atomic E-state index is 12.1. The molecule has 1 aliphatic rings. The Morgan fingerprint density at radius 3 is 2.84 bits per heavy atom. The van der Waals surface area contributed by atoms with Gasteiger partial charge in [-0.25, -0.2) is 9.78 Å². The van der Waals surface area contributed by atoms with Crippen molar-refractivity contribution in [2.45, 2.75) is 25.8 Å². The van der Waals surface area contributed by atoms with Gasteiger partial charge in [-0.05, 0) is 36.6 Å². The largest absolute Gasteiger partial charge is 0.481 e. The number of pyridine rings is 1. The van der Waals surface area contributed by atoms with E-state index in [2.05, 4.69) is 20.9 Å². The van der Waals surface area contributed by atoms with Gasteiger partial charge in [0.1, 0.15) is 0 Å². The zero-order chi connectivity index (χ0) is 17.8. The molecule has 3 rings (SSSR count). The van der Waals surface area contributed by atoms with Crippen molar-refractivity contribution < 1.29 is 14.3 Å². The van der Waals surface area contributed by atoms with E-state index in [-0.39, 0.29) is 18.0 Å². The number of ether oxygens (including phenoxy) is 1. The standard InChI is InChI=1S/C18H20N4O3/c1-11(12-3-6-15-13(9-12)4-7-16(23)22-15)20-18(24)21-14-5-8-17(25-2)19-10-14/h3,5-6,8-11H,4,7H2,1-2H3,(H,22,23)(H2,20,21,24)/t11-/m0/s1. The van der Waals surface area contributed by atoms with Crippen LogP contribution >= 0.6 is 0 Å². The molecule has 7 nitrogen and oxygen atoms in total. The molecule has 2 heterocycles. The second-order valence-corrected chi connectivity index (χ2v) is 5.87. The Balaban J connectivity index is 1.62. The number of anilines is 2. The van der Waals surface area contributed by atoms with Crippen LogP contribution in [0, 0.1) is 0 Å². The first-order chi connectivity index (χ1) is 12.0. The molecule has 0 aliphatic carbocycles. The van der Waals surface area contributed by atoms with Gasteiger partial charge in [-0.15, -0.1) is 0 Å². The molecule has 1 aliphatic heterocycles. The van der Waals surface area contributed by atoms with Crippen LogP contribution in [0.1, 0.15) is 30.5 Å². The fourth-order valence-electron chi connectivity index (χ4n) is 2.69. The number of hydrogen-bond donors (Lipinski definition) is 3. The van der Waals surface area contributed by atoms with Crippen LogP contribution in [0.2, 0.25) is 0 Å². The van der Waals surface area contributed by atoms with Crippen molar-refractivity contribution in [3.8, 4) is 5.88 Å². The molecule has 25 heavy (non-hydrogen) atoms. The van der Waals surface area contributed by atoms with Gasteiger partial charge in [0, 0.05) is 18.2 Å². The van der Waals surface area contributed by atoms with Gasteiger partial charge in [-0.2, -0.15) is 0 Å². The number of nitrogens with zero attached hydrogens (tertiary/aromatic N) is 1. The summed E-state index contributed by atoms with van der Waals surface area (Å²) in [5.74, 6) is 0.527. The second-order valence-electron chi connectivity index (χ2n) is 5.87. The number of methoxy groups -OCH3 is 1. The summed E-state index contributed by atoms with van der Waals surface area (Å²) in [5.41, 5.74) is 3.50. The zero-order valence-corrected chi connectivity index (χ0v) is 14.1. The molecule has 2 aromatic rings. The maximum Gasteiger partial charge on any atom is 0.319 e. The third kappa shape index (κ3) is 4.06. The number of fused-ring (bicyclic) bond motifs is 1. The number of urea groups is 1. The average molecular weight is 340 g/mol. The fraction of sp³-hybridized carbons (Fsp3) is 0.278. The van der Waals surface area contributed by atoms with Crippen LogP contribution in [0.5, 0.6) is 5.88 Å². The van der Waals surface area contributed by atoms with Crippen LogP contribution in [0.15, 0.2) is 36.5 Å². The number of nitrogens with one attached hydrogen (secondary N) is 3. The number of aromatic nitrogens is 1. The summed E-state index contributed by atoms with van der Waals surface area (Å²) in [5, 5.41) is 8.48. The van der Waals surface area contributed by atoms with Crippen molar-refractivity contribution in [1.29, 1.82) is 0 Å². The van der Waals surface area contributed by atoms with E-state index in [0.717, 1.165) is 16.8 Å². The third-order valence-corrected chi connectivity index (χ3v) is 4.08. The maximum atomic E-state index is 12.1. The van der Waals surface area contributed by atoms with Crippen LogP contribution in [0.3, 0.4) is 0 Å². The fourth-order valence-corrected chi connectivity index (χ4v) is 2.69. The summed E-state index contributed by atoms with van der Waals surface area (Å²) in [7, 11) is 1.54. The second kappa shape index (κ2) is 7.21. The first kappa shape index (κ1) is 16.8. The zero-order valence-electron chi connectivity index (χ0n) is 14.1. The van der Waals surface area contributed by atoms with Gasteiger partial charge < -0.3 is 20.7 Å². The average Bonchev–Trinajstić information content (AvgIpc) is 2.61. The highest BCUT2D eigenvalue weighted by Crippen LogP contribution is 2.26. The Hall–Kier alpha value is -3.09. The van der Waals surface area contributed by atoms with Gasteiger partial charge in [0.25, 0.3) is 0 Å². The summed E-state index contributed by atoms with van der Waals surface area (Å²) >= 11 is 0. The lowest BCUT2D eigenvalue weighted by Gasteiger charge is -2.20. The molecule has 1 aromatic heterocycles. The van der Waals surface area contributed by atoms with Crippen LogP contribution in [-0.4, -0.2) is 24.0 Å². The first-order valence-electron chi connectivity index (χ1n) is 8.05. The SMILES string of the molecule is COc1ccc(NC(=O)N[C@@H](C)c2ccc3c(c2)CCC(=O)N3)cn1. The topological polar surface area (TPSA) is 92.4 Å². The lowest BCUT2D eigenvalue weighted by Crippen LogP contribution is -2.31. The van der Waals surface area contributed by atoms with Gasteiger partial charge >= 0.3 is 6.03 Å². The van der Waals surface area contributed by atoms with Crippen LogP contribution in [0.25, 0.3) is 0 Å². The molecular formula is C18H20N4O3. The van der Waals surface area contributed by atoms with Gasteiger partial charge in [0.2, 0.25) is 11.8 Å². The lowest BCUT2D eigenvalue weighted by molar-refractivity contribution is -0.116. The van der Waals surface area contributed by atoms with Gasteiger partial charge in [0.05, 0.1) is 25.0 Å². The van der Waals surface area contributed by atoms with Crippen molar-refractivity contribution in [2.24, 2.45) is 0 Å². The smallest absolute Gasteiger partial charge is 0.319 e. The molecule has 1 atom stereocenters. The van der Waals surface area contributed by atoms with Crippen molar-refractivity contribution >= 4 is 23.3 Å². The number of hydrogen-bond acceptors (Lipinski definition) is 4. The molecule has 3 amide bonds. The van der Waals surface area contributed by atoms with Crippen LogP contribution in [0.4, 0.5) is 16.2 Å². The highest BCUT2D eigenvalue weighted by Gasteiger charge is 2.17. The Labute approximate surface area is 145 Å². The lowest BCUT2D eigenvalue weighted by atomic mass is 9.98. The first-order valence-corrected chi connectivity index (χ1v) is 8.05. The number of aryl methyl sites for hydroxylation is 1. The summed E-state index contributed by atoms with van der Waals surface area (Å²) in [6, 6.07) is 8.72. The van der Waals surface area contributed by atoms with E-state index in [4.69, 9.17) is 4.74 Å². The summed E-state index contributed by atoms with van der Waals surface area (Å²) in [6.07, 6.45) is 2.74. The van der Waals surface area contributed by atoms with E-state index in [9.17, 15) is 9.59 Å². The Kier molecular flexibility index (Phi) is 4.83. The number of amides is 3. The van der Waals surface area contributed by atoms with Crippen LogP contribution in [-0.2, 0) is 11.2 Å². The number of carbonyl (C=O) groups excluding carboxylic acids is 2. The minimum atomic E-state index is -0.314. The van der Waals surface area contributed by atoms with E-state index in [1.807, 2.05) is 25.1 Å². The predicted octanol–water partition coefficient (Wildman–Crippen LogP) is 2.86. The number of benzene rings is 1. The number of rotatable bonds is 4.